The number of aldehydes is 1. The third kappa shape index (κ3) is 4.21. The molecule has 5 heteroatoms. The third-order valence-corrected chi connectivity index (χ3v) is 2.44. The average molecular weight is 264 g/mol. The average Bonchev–Trinajstić information content (AvgIpc) is 2.37. The van der Waals surface area contributed by atoms with Crippen LogP contribution in [0.5, 0.6) is 5.75 Å². The van der Waals surface area contributed by atoms with Crippen LogP contribution in [0.15, 0.2) is 24.3 Å². The minimum Gasteiger partial charge on any atom is -0.465 e. The number of hydrogen-bond donors (Lipinski definition) is 0. The summed E-state index contributed by atoms with van der Waals surface area (Å²) in [6, 6.07) is 6.41. The maximum atomic E-state index is 12.0. The highest BCUT2D eigenvalue weighted by molar-refractivity contribution is 5.84. The van der Waals surface area contributed by atoms with Crippen molar-refractivity contribution >= 4 is 18.2 Å². The predicted octanol–water partition coefficient (Wildman–Crippen LogP) is 1.99. The van der Waals surface area contributed by atoms with E-state index < -0.39 is 17.4 Å². The van der Waals surface area contributed by atoms with E-state index >= 15 is 0 Å². The molecule has 5 nitrogen and oxygen atoms in total. The molecule has 0 unspecified atom stereocenters. The van der Waals surface area contributed by atoms with Crippen LogP contribution in [0.2, 0.25) is 0 Å². The Bertz CT molecular complexity index is 490. The van der Waals surface area contributed by atoms with E-state index in [1.165, 1.54) is 13.0 Å². The summed E-state index contributed by atoms with van der Waals surface area (Å²) < 4.78 is 9.98. The van der Waals surface area contributed by atoms with Crippen molar-refractivity contribution in [1.82, 2.24) is 0 Å². The number of ether oxygens (including phenoxy) is 2. The van der Waals surface area contributed by atoms with Crippen LogP contribution in [-0.2, 0) is 14.3 Å². The van der Waals surface area contributed by atoms with Gasteiger partial charge in [0.15, 0.2) is 6.29 Å². The van der Waals surface area contributed by atoms with Gasteiger partial charge in [-0.3, -0.25) is 14.4 Å². The molecule has 0 saturated heterocycles. The van der Waals surface area contributed by atoms with Crippen LogP contribution < -0.4 is 4.74 Å². The normalized spacial score (nSPS) is 10.7. The molecule has 0 aliphatic carbocycles. The highest BCUT2D eigenvalue weighted by Gasteiger charge is 2.31. The van der Waals surface area contributed by atoms with E-state index in [-0.39, 0.29) is 12.4 Å². The first-order valence-electron chi connectivity index (χ1n) is 5.76. The Morgan fingerprint density at radius 2 is 1.89 bits per heavy atom. The SMILES string of the molecule is CC(=O)OCC(C)(C)C(=O)Oc1ccccc1C=O. The molecule has 0 N–H and O–H groups in total. The van der Waals surface area contributed by atoms with Crippen LogP contribution in [0.25, 0.3) is 0 Å². The molecule has 0 atom stereocenters. The second kappa shape index (κ2) is 6.13. The van der Waals surface area contributed by atoms with Gasteiger partial charge in [-0.15, -0.1) is 0 Å². The topological polar surface area (TPSA) is 69.7 Å². The van der Waals surface area contributed by atoms with E-state index in [9.17, 15) is 14.4 Å². The molecule has 1 rings (SSSR count). The van der Waals surface area contributed by atoms with Gasteiger partial charge >= 0.3 is 11.9 Å². The van der Waals surface area contributed by atoms with Gasteiger partial charge in [-0.1, -0.05) is 12.1 Å². The second-order valence-electron chi connectivity index (χ2n) is 4.71. The number of hydrogen-bond acceptors (Lipinski definition) is 5. The Kier molecular flexibility index (Phi) is 4.80. The quantitative estimate of drug-likeness (QED) is 0.462. The summed E-state index contributed by atoms with van der Waals surface area (Å²) in [7, 11) is 0. The summed E-state index contributed by atoms with van der Waals surface area (Å²) in [6.45, 7) is 4.39. The number of carbonyl (C=O) groups is 3. The molecule has 0 amide bonds. The van der Waals surface area contributed by atoms with Gasteiger partial charge in [0.25, 0.3) is 0 Å². The van der Waals surface area contributed by atoms with Crippen LogP contribution >= 0.6 is 0 Å². The summed E-state index contributed by atoms with van der Waals surface area (Å²) in [5.74, 6) is -0.837. The lowest BCUT2D eigenvalue weighted by atomic mass is 9.95. The zero-order valence-electron chi connectivity index (χ0n) is 11.1. The molecule has 102 valence electrons. The molecule has 0 spiro atoms. The second-order valence-corrected chi connectivity index (χ2v) is 4.71. The molecule has 0 aromatic heterocycles. The van der Waals surface area contributed by atoms with E-state index in [1.807, 2.05) is 0 Å². The minimum atomic E-state index is -0.984. The fourth-order valence-corrected chi connectivity index (χ4v) is 1.25. The maximum Gasteiger partial charge on any atom is 0.320 e. The Morgan fingerprint density at radius 1 is 1.26 bits per heavy atom. The Balaban J connectivity index is 2.78. The Morgan fingerprint density at radius 3 is 2.47 bits per heavy atom. The summed E-state index contributed by atoms with van der Waals surface area (Å²) in [5.41, 5.74) is -0.694. The van der Waals surface area contributed by atoms with Gasteiger partial charge in [0, 0.05) is 6.92 Å². The van der Waals surface area contributed by atoms with Crippen molar-refractivity contribution in [3.63, 3.8) is 0 Å². The lowest BCUT2D eigenvalue weighted by molar-refractivity contribution is -0.153. The van der Waals surface area contributed by atoms with E-state index in [2.05, 4.69) is 0 Å². The minimum absolute atomic E-state index is 0.0789. The lowest BCUT2D eigenvalue weighted by Gasteiger charge is -2.21. The van der Waals surface area contributed by atoms with Crippen LogP contribution in [-0.4, -0.2) is 24.8 Å². The largest absolute Gasteiger partial charge is 0.465 e. The molecule has 0 saturated carbocycles. The Hall–Kier alpha value is -2.17. The molecule has 1 aromatic rings. The molecular weight excluding hydrogens is 248 g/mol. The van der Waals surface area contributed by atoms with Crippen molar-refractivity contribution < 1.29 is 23.9 Å². The third-order valence-electron chi connectivity index (χ3n) is 2.44. The van der Waals surface area contributed by atoms with Gasteiger partial charge in [-0.05, 0) is 26.0 Å². The number of esters is 2. The number of rotatable bonds is 5. The van der Waals surface area contributed by atoms with Gasteiger partial charge in [0.2, 0.25) is 0 Å². The van der Waals surface area contributed by atoms with Gasteiger partial charge in [-0.2, -0.15) is 0 Å². The van der Waals surface area contributed by atoms with Crippen molar-refractivity contribution in [2.75, 3.05) is 6.61 Å². The molecule has 19 heavy (non-hydrogen) atoms. The first kappa shape index (κ1) is 14.9. The van der Waals surface area contributed by atoms with E-state index in [4.69, 9.17) is 9.47 Å². The number of para-hydroxylation sites is 1. The molecule has 1 aromatic carbocycles. The number of carbonyl (C=O) groups excluding carboxylic acids is 3. The monoisotopic (exact) mass is 264 g/mol. The Labute approximate surface area is 111 Å². The van der Waals surface area contributed by atoms with Gasteiger partial charge < -0.3 is 9.47 Å². The summed E-state index contributed by atoms with van der Waals surface area (Å²) in [6.07, 6.45) is 0.613. The van der Waals surface area contributed by atoms with Crippen molar-refractivity contribution in [3.8, 4) is 5.75 Å². The van der Waals surface area contributed by atoms with Gasteiger partial charge in [0.1, 0.15) is 12.4 Å². The molecule has 0 bridgehead atoms. The van der Waals surface area contributed by atoms with Gasteiger partial charge in [-0.25, -0.2) is 0 Å². The van der Waals surface area contributed by atoms with Crippen molar-refractivity contribution in [2.45, 2.75) is 20.8 Å². The summed E-state index contributed by atoms with van der Waals surface area (Å²) in [4.78, 5) is 33.5. The van der Waals surface area contributed by atoms with Crippen LogP contribution in [0, 0.1) is 5.41 Å². The predicted molar refractivity (Wildman–Crippen MR) is 67.9 cm³/mol. The molecule has 0 aliphatic rings. The highest BCUT2D eigenvalue weighted by Crippen LogP contribution is 2.22. The molecule has 0 aliphatic heterocycles. The molecule has 0 fully saturated rings. The highest BCUT2D eigenvalue weighted by atomic mass is 16.6. The zero-order valence-corrected chi connectivity index (χ0v) is 11.1. The maximum absolute atomic E-state index is 12.0. The first-order valence-corrected chi connectivity index (χ1v) is 5.76. The van der Waals surface area contributed by atoms with Crippen molar-refractivity contribution in [2.24, 2.45) is 5.41 Å². The van der Waals surface area contributed by atoms with Crippen LogP contribution in [0.1, 0.15) is 31.1 Å². The van der Waals surface area contributed by atoms with Crippen molar-refractivity contribution in [1.29, 1.82) is 0 Å². The molecular formula is C14H16O5. The zero-order chi connectivity index (χ0) is 14.5. The smallest absolute Gasteiger partial charge is 0.320 e. The standard InChI is InChI=1S/C14H16O5/c1-10(16)18-9-14(2,3)13(17)19-12-7-5-4-6-11(12)8-15/h4-8H,9H2,1-3H3. The fraction of sp³-hybridized carbons (Fsp3) is 0.357. The number of benzene rings is 1. The van der Waals surface area contributed by atoms with Gasteiger partial charge in [0.05, 0.1) is 11.0 Å². The van der Waals surface area contributed by atoms with Crippen LogP contribution in [0.4, 0.5) is 0 Å². The first-order chi connectivity index (χ1) is 8.86. The fourth-order valence-electron chi connectivity index (χ4n) is 1.25. The van der Waals surface area contributed by atoms with E-state index in [0.717, 1.165) is 0 Å². The van der Waals surface area contributed by atoms with E-state index in [1.54, 1.807) is 32.0 Å². The van der Waals surface area contributed by atoms with Crippen LogP contribution in [0.3, 0.4) is 0 Å². The van der Waals surface area contributed by atoms with E-state index in [0.29, 0.717) is 11.8 Å². The molecule has 0 heterocycles. The summed E-state index contributed by atoms with van der Waals surface area (Å²) in [5, 5.41) is 0. The lowest BCUT2D eigenvalue weighted by Crippen LogP contribution is -2.34. The van der Waals surface area contributed by atoms with Crippen molar-refractivity contribution in [3.05, 3.63) is 29.8 Å². The molecule has 0 radical (unpaired) electrons. The summed E-state index contributed by atoms with van der Waals surface area (Å²) >= 11 is 0.